The molecule has 0 fully saturated rings. The Balaban J connectivity index is 2.31. The van der Waals surface area contributed by atoms with Crippen molar-refractivity contribution in [2.24, 2.45) is 0 Å². The van der Waals surface area contributed by atoms with Crippen LogP contribution in [0.15, 0.2) is 30.3 Å². The van der Waals surface area contributed by atoms with Gasteiger partial charge in [-0.25, -0.2) is 9.59 Å². The second-order valence-electron chi connectivity index (χ2n) is 5.30. The Morgan fingerprint density at radius 2 is 1.81 bits per heavy atom. The van der Waals surface area contributed by atoms with Crippen molar-refractivity contribution in [1.82, 2.24) is 5.32 Å². The SMILES string of the molecule is CCOC(CCSCC(NC(=O)OCc1ccccc1)C(=O)O)OCC. The number of carbonyl (C=O) groups excluding carboxylic acids is 1. The standard InChI is InChI=1S/C18H27NO6S/c1-3-23-16(24-4-2)10-11-26-13-15(17(20)21)19-18(22)25-12-14-8-6-5-7-9-14/h5-9,15-16H,3-4,10-13H2,1-2H3,(H,19,22)(H,20,21). The average molecular weight is 385 g/mol. The summed E-state index contributed by atoms with van der Waals surface area (Å²) in [4.78, 5) is 23.1. The number of carboxylic acids is 1. The van der Waals surface area contributed by atoms with E-state index in [1.54, 1.807) is 0 Å². The van der Waals surface area contributed by atoms with Gasteiger partial charge in [-0.3, -0.25) is 0 Å². The monoisotopic (exact) mass is 385 g/mol. The Labute approximate surface area is 158 Å². The molecule has 0 aliphatic heterocycles. The topological polar surface area (TPSA) is 94.1 Å². The maximum Gasteiger partial charge on any atom is 0.408 e. The van der Waals surface area contributed by atoms with Crippen LogP contribution in [0.3, 0.4) is 0 Å². The zero-order valence-electron chi connectivity index (χ0n) is 15.2. The van der Waals surface area contributed by atoms with Gasteiger partial charge >= 0.3 is 12.1 Å². The summed E-state index contributed by atoms with van der Waals surface area (Å²) in [5, 5.41) is 11.6. The summed E-state index contributed by atoms with van der Waals surface area (Å²) < 4.78 is 15.9. The van der Waals surface area contributed by atoms with E-state index in [1.165, 1.54) is 11.8 Å². The molecule has 0 saturated carbocycles. The molecule has 1 amide bonds. The van der Waals surface area contributed by atoms with Gasteiger partial charge < -0.3 is 24.6 Å². The van der Waals surface area contributed by atoms with Gasteiger partial charge in [0.2, 0.25) is 0 Å². The fraction of sp³-hybridized carbons (Fsp3) is 0.556. The number of aliphatic carboxylic acids is 1. The van der Waals surface area contributed by atoms with Crippen molar-refractivity contribution in [2.75, 3.05) is 24.7 Å². The van der Waals surface area contributed by atoms with E-state index in [4.69, 9.17) is 14.2 Å². The highest BCUT2D eigenvalue weighted by Crippen LogP contribution is 2.11. The number of carboxylic acid groups (broad SMARTS) is 1. The quantitative estimate of drug-likeness (QED) is 0.398. The number of hydrogen-bond donors (Lipinski definition) is 2. The van der Waals surface area contributed by atoms with Gasteiger partial charge in [-0.15, -0.1) is 0 Å². The van der Waals surface area contributed by atoms with Gasteiger partial charge in [0, 0.05) is 25.4 Å². The Hall–Kier alpha value is -1.77. The smallest absolute Gasteiger partial charge is 0.408 e. The summed E-state index contributed by atoms with van der Waals surface area (Å²) in [5.74, 6) is -0.198. The largest absolute Gasteiger partial charge is 0.480 e. The molecule has 0 bridgehead atoms. The number of thioether (sulfide) groups is 1. The number of nitrogens with one attached hydrogen (secondary N) is 1. The molecule has 1 aromatic carbocycles. The van der Waals surface area contributed by atoms with Crippen LogP contribution in [0, 0.1) is 0 Å². The molecule has 1 unspecified atom stereocenters. The van der Waals surface area contributed by atoms with Crippen molar-refractivity contribution in [3.05, 3.63) is 35.9 Å². The van der Waals surface area contributed by atoms with Crippen molar-refractivity contribution in [3.63, 3.8) is 0 Å². The summed E-state index contributed by atoms with van der Waals surface area (Å²) in [6, 6.07) is 8.18. The first-order valence-corrected chi connectivity index (χ1v) is 9.73. The van der Waals surface area contributed by atoms with Crippen LogP contribution < -0.4 is 5.32 Å². The number of hydrogen-bond acceptors (Lipinski definition) is 6. The summed E-state index contributed by atoms with van der Waals surface area (Å²) in [5.41, 5.74) is 0.835. The molecule has 7 nitrogen and oxygen atoms in total. The van der Waals surface area contributed by atoms with Crippen molar-refractivity contribution in [3.8, 4) is 0 Å². The van der Waals surface area contributed by atoms with Gasteiger partial charge in [-0.05, 0) is 25.2 Å². The highest BCUT2D eigenvalue weighted by molar-refractivity contribution is 7.99. The minimum Gasteiger partial charge on any atom is -0.480 e. The van der Waals surface area contributed by atoms with Crippen LogP contribution in [-0.4, -0.2) is 54.2 Å². The van der Waals surface area contributed by atoms with Crippen molar-refractivity contribution in [1.29, 1.82) is 0 Å². The average Bonchev–Trinajstić information content (AvgIpc) is 2.63. The molecule has 0 radical (unpaired) electrons. The molecule has 0 aliphatic carbocycles. The van der Waals surface area contributed by atoms with Crippen molar-refractivity contribution in [2.45, 2.75) is 39.2 Å². The molecule has 1 rings (SSSR count). The van der Waals surface area contributed by atoms with Crippen LogP contribution in [0.2, 0.25) is 0 Å². The number of benzene rings is 1. The third kappa shape index (κ3) is 9.65. The van der Waals surface area contributed by atoms with Gasteiger partial charge in [0.1, 0.15) is 12.6 Å². The predicted molar refractivity (Wildman–Crippen MR) is 100 cm³/mol. The van der Waals surface area contributed by atoms with Crippen LogP contribution in [0.1, 0.15) is 25.8 Å². The molecule has 26 heavy (non-hydrogen) atoms. The van der Waals surface area contributed by atoms with Crippen molar-refractivity contribution >= 4 is 23.8 Å². The first-order valence-electron chi connectivity index (χ1n) is 8.57. The molecule has 0 aliphatic rings. The Bertz CT molecular complexity index is 522. The van der Waals surface area contributed by atoms with E-state index in [0.29, 0.717) is 25.4 Å². The molecule has 146 valence electrons. The minimum atomic E-state index is -1.10. The molecule has 1 aromatic rings. The molecule has 2 N–H and O–H groups in total. The highest BCUT2D eigenvalue weighted by Gasteiger charge is 2.21. The summed E-state index contributed by atoms with van der Waals surface area (Å²) in [7, 11) is 0. The van der Waals surface area contributed by atoms with Gasteiger partial charge in [0.05, 0.1) is 0 Å². The van der Waals surface area contributed by atoms with Crippen LogP contribution in [-0.2, 0) is 25.6 Å². The number of rotatable bonds is 13. The normalized spacial score (nSPS) is 12.0. The molecule has 0 spiro atoms. The molecule has 1 atom stereocenters. The van der Waals surface area contributed by atoms with Gasteiger partial charge in [-0.1, -0.05) is 30.3 Å². The van der Waals surface area contributed by atoms with E-state index in [2.05, 4.69) is 5.32 Å². The highest BCUT2D eigenvalue weighted by atomic mass is 32.2. The van der Waals surface area contributed by atoms with Crippen LogP contribution in [0.25, 0.3) is 0 Å². The third-order valence-corrected chi connectivity index (χ3v) is 4.38. The second-order valence-corrected chi connectivity index (χ2v) is 6.45. The second kappa shape index (κ2) is 13.4. The first kappa shape index (κ1) is 22.3. The number of carbonyl (C=O) groups is 2. The molecule has 0 heterocycles. The number of ether oxygens (including phenoxy) is 3. The lowest BCUT2D eigenvalue weighted by molar-refractivity contribution is -0.138. The minimum absolute atomic E-state index is 0.0938. The molecular formula is C18H27NO6S. The molecular weight excluding hydrogens is 358 g/mol. The Kier molecular flexibility index (Phi) is 11.5. The van der Waals surface area contributed by atoms with Crippen molar-refractivity contribution < 1.29 is 28.9 Å². The zero-order chi connectivity index (χ0) is 19.2. The van der Waals surface area contributed by atoms with Crippen LogP contribution in [0.5, 0.6) is 0 Å². The van der Waals surface area contributed by atoms with E-state index in [9.17, 15) is 14.7 Å². The summed E-state index contributed by atoms with van der Waals surface area (Å²) in [6.45, 7) is 5.00. The molecule has 0 aromatic heterocycles. The van der Waals surface area contributed by atoms with Crippen LogP contribution in [0.4, 0.5) is 4.79 Å². The van der Waals surface area contributed by atoms with E-state index >= 15 is 0 Å². The lowest BCUT2D eigenvalue weighted by atomic mass is 10.2. The third-order valence-electron chi connectivity index (χ3n) is 3.29. The lowest BCUT2D eigenvalue weighted by Crippen LogP contribution is -2.42. The van der Waals surface area contributed by atoms with E-state index < -0.39 is 18.1 Å². The predicted octanol–water partition coefficient (Wildman–Crippen LogP) is 2.89. The summed E-state index contributed by atoms with van der Waals surface area (Å²) in [6.07, 6.45) is -0.384. The fourth-order valence-electron chi connectivity index (χ4n) is 2.05. The lowest BCUT2D eigenvalue weighted by Gasteiger charge is -2.17. The number of amides is 1. The van der Waals surface area contributed by atoms with Gasteiger partial charge in [0.15, 0.2) is 6.29 Å². The first-order chi connectivity index (χ1) is 12.6. The van der Waals surface area contributed by atoms with Gasteiger partial charge in [-0.2, -0.15) is 11.8 Å². The van der Waals surface area contributed by atoms with E-state index in [-0.39, 0.29) is 18.6 Å². The molecule has 8 heteroatoms. The molecule has 0 saturated heterocycles. The summed E-state index contributed by atoms with van der Waals surface area (Å²) >= 11 is 1.42. The zero-order valence-corrected chi connectivity index (χ0v) is 16.0. The van der Waals surface area contributed by atoms with E-state index in [1.807, 2.05) is 44.2 Å². The maximum atomic E-state index is 11.8. The number of alkyl carbamates (subject to hydrolysis) is 1. The van der Waals surface area contributed by atoms with Gasteiger partial charge in [0.25, 0.3) is 0 Å². The van der Waals surface area contributed by atoms with E-state index in [0.717, 1.165) is 5.56 Å². The Morgan fingerprint density at radius 3 is 2.38 bits per heavy atom. The fourth-order valence-corrected chi connectivity index (χ4v) is 3.04. The van der Waals surface area contributed by atoms with Crippen LogP contribution >= 0.6 is 11.8 Å². The maximum absolute atomic E-state index is 11.8. The Morgan fingerprint density at radius 1 is 1.15 bits per heavy atom.